The number of rotatable bonds is 2. The summed E-state index contributed by atoms with van der Waals surface area (Å²) in [5.74, 6) is 0.952. The first-order valence-corrected chi connectivity index (χ1v) is 9.52. The van der Waals surface area contributed by atoms with Gasteiger partial charge in [-0.15, -0.1) is 0 Å². The van der Waals surface area contributed by atoms with Crippen LogP contribution in [0.2, 0.25) is 0 Å². The standard InChI is InChI=1S/C19H36N2/c1-19(2,3)16-8-10-18(11-9-16)21-14-12-20(13-15-21)17-6-4-5-7-17/h16-18H,4-15H2,1-3H3. The van der Waals surface area contributed by atoms with E-state index in [-0.39, 0.29) is 0 Å². The third-order valence-corrected chi connectivity index (χ3v) is 6.63. The van der Waals surface area contributed by atoms with Gasteiger partial charge < -0.3 is 0 Å². The van der Waals surface area contributed by atoms with Crippen LogP contribution in [0.1, 0.15) is 72.1 Å². The highest BCUT2D eigenvalue weighted by Gasteiger charge is 2.34. The largest absolute Gasteiger partial charge is 0.298 e. The number of piperazine rings is 1. The summed E-state index contributed by atoms with van der Waals surface area (Å²) in [6.07, 6.45) is 11.7. The van der Waals surface area contributed by atoms with E-state index in [0.717, 1.165) is 18.0 Å². The van der Waals surface area contributed by atoms with Crippen molar-refractivity contribution in [1.29, 1.82) is 0 Å². The molecule has 1 aliphatic heterocycles. The minimum absolute atomic E-state index is 0.520. The Labute approximate surface area is 132 Å². The fourth-order valence-corrected chi connectivity index (χ4v) is 5.04. The van der Waals surface area contributed by atoms with Crippen molar-refractivity contribution in [2.45, 2.75) is 84.2 Å². The zero-order valence-corrected chi connectivity index (χ0v) is 14.6. The highest BCUT2D eigenvalue weighted by Crippen LogP contribution is 2.39. The summed E-state index contributed by atoms with van der Waals surface area (Å²) >= 11 is 0. The molecule has 2 nitrogen and oxygen atoms in total. The summed E-state index contributed by atoms with van der Waals surface area (Å²) in [5, 5.41) is 0. The zero-order chi connectivity index (χ0) is 14.9. The van der Waals surface area contributed by atoms with Crippen molar-refractivity contribution in [3.05, 3.63) is 0 Å². The van der Waals surface area contributed by atoms with Gasteiger partial charge in [0, 0.05) is 38.3 Å². The van der Waals surface area contributed by atoms with Crippen LogP contribution in [-0.2, 0) is 0 Å². The lowest BCUT2D eigenvalue weighted by Crippen LogP contribution is -2.53. The molecule has 122 valence electrons. The van der Waals surface area contributed by atoms with E-state index in [4.69, 9.17) is 0 Å². The van der Waals surface area contributed by atoms with E-state index in [1.165, 1.54) is 77.5 Å². The van der Waals surface area contributed by atoms with Crippen LogP contribution in [0.25, 0.3) is 0 Å². The molecule has 1 heterocycles. The molecule has 3 rings (SSSR count). The Kier molecular flexibility index (Phi) is 4.95. The molecule has 2 aliphatic carbocycles. The van der Waals surface area contributed by atoms with Crippen LogP contribution in [0.15, 0.2) is 0 Å². The number of hydrogen-bond acceptors (Lipinski definition) is 2. The molecule has 0 N–H and O–H groups in total. The van der Waals surface area contributed by atoms with Crippen LogP contribution in [0, 0.1) is 11.3 Å². The zero-order valence-electron chi connectivity index (χ0n) is 14.6. The second-order valence-corrected chi connectivity index (χ2v) is 8.88. The monoisotopic (exact) mass is 292 g/mol. The van der Waals surface area contributed by atoms with E-state index in [0.29, 0.717) is 5.41 Å². The summed E-state index contributed by atoms with van der Waals surface area (Å²) in [7, 11) is 0. The Balaban J connectivity index is 1.43. The molecule has 2 heteroatoms. The SMILES string of the molecule is CC(C)(C)C1CCC(N2CCN(C3CCCC3)CC2)CC1. The van der Waals surface area contributed by atoms with Crippen molar-refractivity contribution in [3.63, 3.8) is 0 Å². The predicted molar refractivity (Wildman–Crippen MR) is 90.6 cm³/mol. The van der Waals surface area contributed by atoms with Crippen LogP contribution < -0.4 is 0 Å². The van der Waals surface area contributed by atoms with Crippen molar-refractivity contribution >= 4 is 0 Å². The first kappa shape index (κ1) is 15.8. The summed E-state index contributed by atoms with van der Waals surface area (Å²) in [6, 6.07) is 1.83. The third-order valence-electron chi connectivity index (χ3n) is 6.63. The summed E-state index contributed by atoms with van der Waals surface area (Å²) in [5.41, 5.74) is 0.520. The van der Waals surface area contributed by atoms with Gasteiger partial charge in [-0.1, -0.05) is 33.6 Å². The molecule has 21 heavy (non-hydrogen) atoms. The van der Waals surface area contributed by atoms with Crippen molar-refractivity contribution < 1.29 is 0 Å². The van der Waals surface area contributed by atoms with E-state index < -0.39 is 0 Å². The molecule has 0 aromatic heterocycles. The lowest BCUT2D eigenvalue weighted by Gasteiger charge is -2.45. The van der Waals surface area contributed by atoms with Crippen LogP contribution in [0.5, 0.6) is 0 Å². The van der Waals surface area contributed by atoms with Crippen molar-refractivity contribution in [2.24, 2.45) is 11.3 Å². The van der Waals surface area contributed by atoms with Gasteiger partial charge in [0.2, 0.25) is 0 Å². The Morgan fingerprint density at radius 2 is 1.05 bits per heavy atom. The number of hydrogen-bond donors (Lipinski definition) is 0. The van der Waals surface area contributed by atoms with Gasteiger partial charge in [0.15, 0.2) is 0 Å². The van der Waals surface area contributed by atoms with Crippen LogP contribution in [-0.4, -0.2) is 48.1 Å². The second-order valence-electron chi connectivity index (χ2n) is 8.88. The predicted octanol–water partition coefficient (Wildman–Crippen LogP) is 4.15. The fourth-order valence-electron chi connectivity index (χ4n) is 5.04. The van der Waals surface area contributed by atoms with Crippen LogP contribution in [0.4, 0.5) is 0 Å². The van der Waals surface area contributed by atoms with Gasteiger partial charge in [-0.2, -0.15) is 0 Å². The van der Waals surface area contributed by atoms with E-state index in [2.05, 4.69) is 30.6 Å². The fraction of sp³-hybridized carbons (Fsp3) is 1.00. The van der Waals surface area contributed by atoms with Crippen LogP contribution in [0.3, 0.4) is 0 Å². The summed E-state index contributed by atoms with van der Waals surface area (Å²) in [6.45, 7) is 12.6. The van der Waals surface area contributed by atoms with Crippen LogP contribution >= 0.6 is 0 Å². The Morgan fingerprint density at radius 3 is 1.48 bits per heavy atom. The molecular formula is C19H36N2. The van der Waals surface area contributed by atoms with Crippen molar-refractivity contribution in [3.8, 4) is 0 Å². The molecule has 3 fully saturated rings. The quantitative estimate of drug-likeness (QED) is 0.754. The molecule has 1 saturated heterocycles. The van der Waals surface area contributed by atoms with Gasteiger partial charge in [-0.25, -0.2) is 0 Å². The minimum atomic E-state index is 0.520. The Morgan fingerprint density at radius 1 is 0.619 bits per heavy atom. The maximum Gasteiger partial charge on any atom is 0.0113 e. The average molecular weight is 293 g/mol. The maximum absolute atomic E-state index is 2.82. The van der Waals surface area contributed by atoms with Gasteiger partial charge in [-0.05, 0) is 49.9 Å². The smallest absolute Gasteiger partial charge is 0.0113 e. The molecule has 0 aromatic rings. The topological polar surface area (TPSA) is 6.48 Å². The molecule has 3 aliphatic rings. The first-order chi connectivity index (χ1) is 10.0. The molecule has 2 saturated carbocycles. The summed E-state index contributed by atoms with van der Waals surface area (Å²) in [4.78, 5) is 5.62. The Bertz CT molecular complexity index is 311. The van der Waals surface area contributed by atoms with Gasteiger partial charge in [0.25, 0.3) is 0 Å². The van der Waals surface area contributed by atoms with Gasteiger partial charge >= 0.3 is 0 Å². The van der Waals surface area contributed by atoms with E-state index in [1.54, 1.807) is 0 Å². The molecular weight excluding hydrogens is 256 g/mol. The lowest BCUT2D eigenvalue weighted by molar-refractivity contribution is 0.0402. The minimum Gasteiger partial charge on any atom is -0.298 e. The average Bonchev–Trinajstić information content (AvgIpc) is 3.01. The van der Waals surface area contributed by atoms with E-state index >= 15 is 0 Å². The number of nitrogens with zero attached hydrogens (tertiary/aromatic N) is 2. The van der Waals surface area contributed by atoms with Gasteiger partial charge in [0.05, 0.1) is 0 Å². The van der Waals surface area contributed by atoms with Crippen molar-refractivity contribution in [2.75, 3.05) is 26.2 Å². The molecule has 0 aromatic carbocycles. The third kappa shape index (κ3) is 3.82. The normalized spacial score (nSPS) is 34.4. The molecule has 0 atom stereocenters. The van der Waals surface area contributed by atoms with E-state index in [9.17, 15) is 0 Å². The first-order valence-electron chi connectivity index (χ1n) is 9.52. The van der Waals surface area contributed by atoms with E-state index in [1.807, 2.05) is 0 Å². The lowest BCUT2D eigenvalue weighted by atomic mass is 9.71. The van der Waals surface area contributed by atoms with Gasteiger partial charge in [-0.3, -0.25) is 9.80 Å². The molecule has 0 radical (unpaired) electrons. The Hall–Kier alpha value is -0.0800. The molecule has 0 amide bonds. The molecule has 0 bridgehead atoms. The molecule has 0 spiro atoms. The maximum atomic E-state index is 2.82. The second kappa shape index (κ2) is 6.58. The van der Waals surface area contributed by atoms with Crippen molar-refractivity contribution in [1.82, 2.24) is 9.80 Å². The van der Waals surface area contributed by atoms with Gasteiger partial charge in [0.1, 0.15) is 0 Å². The highest BCUT2D eigenvalue weighted by molar-refractivity contribution is 4.88. The highest BCUT2D eigenvalue weighted by atomic mass is 15.3. The summed E-state index contributed by atoms with van der Waals surface area (Å²) < 4.78 is 0. The molecule has 0 unspecified atom stereocenters.